The molecule has 0 saturated carbocycles. The average Bonchev–Trinajstić information content (AvgIpc) is 3.35. The molecule has 3 heterocycles. The Labute approximate surface area is 175 Å². The molecule has 1 amide bonds. The Morgan fingerprint density at radius 2 is 1.80 bits per heavy atom. The van der Waals surface area contributed by atoms with Gasteiger partial charge in [0.05, 0.1) is 7.11 Å². The number of para-hydroxylation sites is 2. The number of carbonyl (C=O) groups excluding carboxylic acids is 1. The number of methoxy groups -OCH3 is 1. The molecule has 154 valence electrons. The van der Waals surface area contributed by atoms with Gasteiger partial charge in [0.25, 0.3) is 5.91 Å². The lowest BCUT2D eigenvalue weighted by atomic mass is 9.89. The van der Waals surface area contributed by atoms with Crippen LogP contribution in [0.2, 0.25) is 0 Å². The van der Waals surface area contributed by atoms with Crippen LogP contribution in [0.3, 0.4) is 0 Å². The molecule has 2 aliphatic heterocycles. The second-order valence-corrected chi connectivity index (χ2v) is 8.10. The van der Waals surface area contributed by atoms with Crippen LogP contribution in [-0.4, -0.2) is 45.8 Å². The van der Waals surface area contributed by atoms with E-state index >= 15 is 0 Å². The fraction of sp³-hybridized carbons (Fsp3) is 0.348. The number of rotatable bonds is 5. The first-order valence-electron chi connectivity index (χ1n) is 10.3. The number of nitrogens with one attached hydrogen (secondary N) is 1. The molecule has 1 aromatic heterocycles. The first-order valence-corrected chi connectivity index (χ1v) is 10.3. The van der Waals surface area contributed by atoms with Gasteiger partial charge < -0.3 is 14.6 Å². The van der Waals surface area contributed by atoms with Gasteiger partial charge in [-0.3, -0.25) is 9.69 Å². The number of aromatic nitrogens is 3. The highest BCUT2D eigenvalue weighted by Gasteiger charge is 2.39. The summed E-state index contributed by atoms with van der Waals surface area (Å²) in [6.45, 7) is 3.69. The molecular weight excluding hydrogens is 378 g/mol. The number of likely N-dealkylation sites (tertiary alicyclic amines) is 1. The molecule has 0 spiro atoms. The molecule has 30 heavy (non-hydrogen) atoms. The zero-order chi connectivity index (χ0) is 20.5. The molecule has 1 N–H and O–H groups in total. The predicted molar refractivity (Wildman–Crippen MR) is 113 cm³/mol. The fourth-order valence-electron chi connectivity index (χ4n) is 4.70. The van der Waals surface area contributed by atoms with Gasteiger partial charge in [-0.05, 0) is 30.0 Å². The van der Waals surface area contributed by atoms with E-state index in [-0.39, 0.29) is 5.91 Å². The molecule has 2 aliphatic rings. The summed E-state index contributed by atoms with van der Waals surface area (Å²) in [5, 5.41) is 11.5. The van der Waals surface area contributed by atoms with Crippen LogP contribution >= 0.6 is 0 Å². The van der Waals surface area contributed by atoms with E-state index in [9.17, 15) is 4.79 Å². The Balaban J connectivity index is 1.28. The van der Waals surface area contributed by atoms with Crippen molar-refractivity contribution in [1.82, 2.24) is 19.7 Å². The molecule has 0 aliphatic carbocycles. The molecule has 1 fully saturated rings. The van der Waals surface area contributed by atoms with Crippen molar-refractivity contribution >= 4 is 11.6 Å². The number of hydrogen-bond donors (Lipinski definition) is 1. The van der Waals surface area contributed by atoms with Crippen LogP contribution < -0.4 is 10.1 Å². The standard InChI is InChI=1S/C23H25N5O2/c1-30-20-10-6-5-7-16(20)12-27-13-17-11-21-25-26-22(28(21)15-18(17)14-27)23(29)24-19-8-3-2-4-9-19/h2-10,17-18H,11-15H2,1H3,(H,24,29)/t17-,18+/m0/s1. The summed E-state index contributed by atoms with van der Waals surface area (Å²) in [6.07, 6.45) is 0.860. The van der Waals surface area contributed by atoms with Crippen LogP contribution in [0.1, 0.15) is 22.0 Å². The predicted octanol–water partition coefficient (Wildman–Crippen LogP) is 2.84. The van der Waals surface area contributed by atoms with E-state index in [1.54, 1.807) is 7.11 Å². The van der Waals surface area contributed by atoms with Crippen LogP contribution in [-0.2, 0) is 19.5 Å². The minimum absolute atomic E-state index is 0.206. The summed E-state index contributed by atoms with van der Waals surface area (Å²) >= 11 is 0. The molecule has 3 aromatic rings. The number of amides is 1. The Bertz CT molecular complexity index is 1050. The minimum atomic E-state index is -0.206. The largest absolute Gasteiger partial charge is 0.496 e. The molecular formula is C23H25N5O2. The molecule has 0 unspecified atom stereocenters. The maximum Gasteiger partial charge on any atom is 0.293 e. The first kappa shape index (κ1) is 18.8. The third kappa shape index (κ3) is 3.57. The van der Waals surface area contributed by atoms with Gasteiger partial charge in [-0.1, -0.05) is 36.4 Å². The normalized spacial score (nSPS) is 20.4. The van der Waals surface area contributed by atoms with Gasteiger partial charge in [0.1, 0.15) is 11.6 Å². The van der Waals surface area contributed by atoms with Gasteiger partial charge in [0.15, 0.2) is 0 Å². The summed E-state index contributed by atoms with van der Waals surface area (Å²) in [4.78, 5) is 15.2. The van der Waals surface area contributed by atoms with Gasteiger partial charge in [-0.25, -0.2) is 0 Å². The summed E-state index contributed by atoms with van der Waals surface area (Å²) < 4.78 is 7.52. The van der Waals surface area contributed by atoms with E-state index in [0.29, 0.717) is 17.7 Å². The highest BCUT2D eigenvalue weighted by molar-refractivity contribution is 6.01. The van der Waals surface area contributed by atoms with Crippen molar-refractivity contribution in [3.8, 4) is 5.75 Å². The highest BCUT2D eigenvalue weighted by Crippen LogP contribution is 2.34. The second-order valence-electron chi connectivity index (χ2n) is 8.10. The van der Waals surface area contributed by atoms with Crippen molar-refractivity contribution in [3.05, 3.63) is 71.8 Å². The second kappa shape index (κ2) is 7.91. The van der Waals surface area contributed by atoms with E-state index in [1.807, 2.05) is 47.0 Å². The van der Waals surface area contributed by atoms with Gasteiger partial charge in [-0.15, -0.1) is 10.2 Å². The van der Waals surface area contributed by atoms with Gasteiger partial charge in [0, 0.05) is 43.9 Å². The number of benzene rings is 2. The minimum Gasteiger partial charge on any atom is -0.496 e. The molecule has 7 heteroatoms. The van der Waals surface area contributed by atoms with E-state index < -0.39 is 0 Å². The lowest BCUT2D eigenvalue weighted by Gasteiger charge is -2.25. The Morgan fingerprint density at radius 3 is 2.63 bits per heavy atom. The quantitative estimate of drug-likeness (QED) is 0.709. The van der Waals surface area contributed by atoms with Crippen molar-refractivity contribution in [2.75, 3.05) is 25.5 Å². The number of anilines is 1. The lowest BCUT2D eigenvalue weighted by Crippen LogP contribution is -2.31. The van der Waals surface area contributed by atoms with Crippen LogP contribution in [0.15, 0.2) is 54.6 Å². The number of fused-ring (bicyclic) bond motifs is 2. The Hall–Kier alpha value is -3.19. The maximum absolute atomic E-state index is 12.8. The lowest BCUT2D eigenvalue weighted by molar-refractivity contribution is 0.100. The topological polar surface area (TPSA) is 72.3 Å². The smallest absolute Gasteiger partial charge is 0.293 e. The zero-order valence-electron chi connectivity index (χ0n) is 17.0. The van der Waals surface area contributed by atoms with Gasteiger partial charge in [0.2, 0.25) is 5.82 Å². The molecule has 0 radical (unpaired) electrons. The summed E-state index contributed by atoms with van der Waals surface area (Å²) in [5.74, 6) is 3.07. The summed E-state index contributed by atoms with van der Waals surface area (Å²) in [5.41, 5.74) is 1.97. The molecule has 2 aromatic carbocycles. The van der Waals surface area contributed by atoms with Crippen LogP contribution in [0.25, 0.3) is 0 Å². The highest BCUT2D eigenvalue weighted by atomic mass is 16.5. The third-order valence-electron chi connectivity index (χ3n) is 6.16. The van der Waals surface area contributed by atoms with Crippen molar-refractivity contribution in [1.29, 1.82) is 0 Å². The number of hydrogen-bond acceptors (Lipinski definition) is 5. The van der Waals surface area contributed by atoms with Crippen molar-refractivity contribution in [3.63, 3.8) is 0 Å². The van der Waals surface area contributed by atoms with E-state index in [2.05, 4.69) is 32.5 Å². The Kier molecular flexibility index (Phi) is 4.96. The van der Waals surface area contributed by atoms with E-state index in [0.717, 1.165) is 49.9 Å². The average molecular weight is 403 g/mol. The summed E-state index contributed by atoms with van der Waals surface area (Å²) in [6, 6.07) is 17.6. The summed E-state index contributed by atoms with van der Waals surface area (Å²) in [7, 11) is 1.72. The van der Waals surface area contributed by atoms with Crippen LogP contribution in [0.4, 0.5) is 5.69 Å². The van der Waals surface area contributed by atoms with E-state index in [1.165, 1.54) is 5.56 Å². The zero-order valence-corrected chi connectivity index (χ0v) is 17.0. The molecule has 0 bridgehead atoms. The molecule has 7 nitrogen and oxygen atoms in total. The van der Waals surface area contributed by atoms with Gasteiger partial charge in [-0.2, -0.15) is 0 Å². The maximum atomic E-state index is 12.8. The van der Waals surface area contributed by atoms with Gasteiger partial charge >= 0.3 is 0 Å². The number of nitrogens with zero attached hydrogens (tertiary/aromatic N) is 4. The molecule has 2 atom stereocenters. The molecule has 1 saturated heterocycles. The third-order valence-corrected chi connectivity index (χ3v) is 6.16. The van der Waals surface area contributed by atoms with Crippen molar-refractivity contribution in [2.45, 2.75) is 19.5 Å². The number of ether oxygens (including phenoxy) is 1. The molecule has 5 rings (SSSR count). The van der Waals surface area contributed by atoms with Crippen molar-refractivity contribution < 1.29 is 9.53 Å². The first-order chi connectivity index (χ1) is 14.7. The van der Waals surface area contributed by atoms with Crippen LogP contribution in [0.5, 0.6) is 5.75 Å². The SMILES string of the molecule is COc1ccccc1CN1C[C@@H]2Cn3c(nnc3C(=O)Nc3ccccc3)C[C@H]2C1. The van der Waals surface area contributed by atoms with Crippen molar-refractivity contribution in [2.24, 2.45) is 11.8 Å². The monoisotopic (exact) mass is 403 g/mol. The van der Waals surface area contributed by atoms with E-state index in [4.69, 9.17) is 4.74 Å². The fourth-order valence-corrected chi connectivity index (χ4v) is 4.70. The van der Waals surface area contributed by atoms with Crippen LogP contribution in [0, 0.1) is 11.8 Å². The Morgan fingerprint density at radius 1 is 1.03 bits per heavy atom. The number of carbonyl (C=O) groups is 1.